The monoisotopic (exact) mass is 302 g/mol. The van der Waals surface area contributed by atoms with Gasteiger partial charge in [-0.1, -0.05) is 6.07 Å². The maximum atomic E-state index is 12.2. The molecular weight excluding hydrogens is 284 g/mol. The highest BCUT2D eigenvalue weighted by Gasteiger charge is 2.36. The Morgan fingerprint density at radius 3 is 2.82 bits per heavy atom. The van der Waals surface area contributed by atoms with Gasteiger partial charge >= 0.3 is 0 Å². The van der Waals surface area contributed by atoms with Crippen molar-refractivity contribution < 1.29 is 14.6 Å². The maximum Gasteiger partial charge on any atom is 0.269 e. The Balaban J connectivity index is 1.78. The highest BCUT2D eigenvalue weighted by atomic mass is 16.5. The number of nitrogens with one attached hydrogen (secondary N) is 2. The number of nitrogens with zero attached hydrogens (tertiary/aromatic N) is 2. The van der Waals surface area contributed by atoms with E-state index in [1.807, 2.05) is 6.07 Å². The van der Waals surface area contributed by atoms with Gasteiger partial charge < -0.3 is 20.1 Å². The largest absolute Gasteiger partial charge is 0.481 e. The predicted octanol–water partition coefficient (Wildman–Crippen LogP) is 1.06. The molecule has 0 saturated heterocycles. The molecule has 0 spiro atoms. The van der Waals surface area contributed by atoms with Crippen molar-refractivity contribution in [1.82, 2.24) is 20.3 Å². The summed E-state index contributed by atoms with van der Waals surface area (Å²) in [5.41, 5.74) is 1.30. The second kappa shape index (κ2) is 6.15. The first-order chi connectivity index (χ1) is 10.7. The van der Waals surface area contributed by atoms with E-state index >= 15 is 0 Å². The van der Waals surface area contributed by atoms with Crippen LogP contribution in [0.4, 0.5) is 0 Å². The molecule has 7 heteroatoms. The first kappa shape index (κ1) is 14.5. The summed E-state index contributed by atoms with van der Waals surface area (Å²) in [6.07, 6.45) is 5.68. The van der Waals surface area contributed by atoms with E-state index in [1.54, 1.807) is 19.4 Å². The van der Waals surface area contributed by atoms with Crippen molar-refractivity contribution >= 4 is 5.91 Å². The molecule has 116 valence electrons. The summed E-state index contributed by atoms with van der Waals surface area (Å²) >= 11 is 0. The topological polar surface area (TPSA) is 100 Å². The molecule has 3 rings (SSSR count). The Labute approximate surface area is 127 Å². The molecule has 0 bridgehead atoms. The number of hydrogen-bond acceptors (Lipinski definition) is 5. The van der Waals surface area contributed by atoms with Gasteiger partial charge in [0.05, 0.1) is 31.8 Å². The van der Waals surface area contributed by atoms with Crippen LogP contribution in [0.3, 0.4) is 0 Å². The Morgan fingerprint density at radius 1 is 1.45 bits per heavy atom. The number of imidazole rings is 1. The molecule has 0 aromatic carbocycles. The quantitative estimate of drug-likeness (QED) is 0.766. The Kier molecular flexibility index (Phi) is 4.06. The van der Waals surface area contributed by atoms with E-state index in [1.165, 1.54) is 12.5 Å². The molecule has 0 unspecified atom stereocenters. The van der Waals surface area contributed by atoms with Crippen LogP contribution in [0.2, 0.25) is 0 Å². The van der Waals surface area contributed by atoms with Crippen LogP contribution < -0.4 is 10.1 Å². The summed E-state index contributed by atoms with van der Waals surface area (Å²) in [6.45, 7) is 0. The third kappa shape index (κ3) is 2.94. The average molecular weight is 302 g/mol. The number of ether oxygens (including phenoxy) is 1. The zero-order chi connectivity index (χ0) is 15.5. The summed E-state index contributed by atoms with van der Waals surface area (Å²) < 4.78 is 5.06. The fraction of sp³-hybridized carbons (Fsp3) is 0.400. The number of amides is 1. The van der Waals surface area contributed by atoms with Crippen molar-refractivity contribution in [2.24, 2.45) is 5.92 Å². The molecule has 1 fully saturated rings. The summed E-state index contributed by atoms with van der Waals surface area (Å²) in [5.74, 6) is 0.493. The molecule has 3 N–H and O–H groups in total. The fourth-order valence-electron chi connectivity index (χ4n) is 2.67. The van der Waals surface area contributed by atoms with Crippen LogP contribution in [0.25, 0.3) is 0 Å². The Hall–Kier alpha value is -2.41. The number of H-pyrrole nitrogens is 1. The van der Waals surface area contributed by atoms with Gasteiger partial charge in [0.1, 0.15) is 5.69 Å². The number of aliphatic hydroxyl groups excluding tert-OH is 1. The summed E-state index contributed by atoms with van der Waals surface area (Å²) in [7, 11) is 1.56. The smallest absolute Gasteiger partial charge is 0.269 e. The van der Waals surface area contributed by atoms with Crippen LogP contribution in [-0.4, -0.2) is 39.2 Å². The number of rotatable bonds is 5. The van der Waals surface area contributed by atoms with Crippen molar-refractivity contribution in [2.45, 2.75) is 25.0 Å². The lowest BCUT2D eigenvalue weighted by Gasteiger charge is -2.38. The lowest BCUT2D eigenvalue weighted by Crippen LogP contribution is -2.41. The van der Waals surface area contributed by atoms with E-state index in [-0.39, 0.29) is 24.0 Å². The van der Waals surface area contributed by atoms with Crippen molar-refractivity contribution in [3.63, 3.8) is 0 Å². The number of aromatic amines is 1. The first-order valence-corrected chi connectivity index (χ1v) is 7.14. The van der Waals surface area contributed by atoms with Crippen LogP contribution in [-0.2, 0) is 0 Å². The maximum absolute atomic E-state index is 12.2. The highest BCUT2D eigenvalue weighted by Crippen LogP contribution is 2.38. The van der Waals surface area contributed by atoms with Gasteiger partial charge in [0.15, 0.2) is 0 Å². The minimum Gasteiger partial charge on any atom is -0.481 e. The summed E-state index contributed by atoms with van der Waals surface area (Å²) in [6, 6.07) is 3.45. The third-order valence-corrected chi connectivity index (χ3v) is 3.98. The normalized spacial score (nSPS) is 21.7. The van der Waals surface area contributed by atoms with Gasteiger partial charge in [-0.15, -0.1) is 0 Å². The second-order valence-electron chi connectivity index (χ2n) is 5.44. The van der Waals surface area contributed by atoms with Crippen LogP contribution in [0, 0.1) is 5.92 Å². The zero-order valence-corrected chi connectivity index (χ0v) is 12.2. The van der Waals surface area contributed by atoms with Gasteiger partial charge in [-0.05, 0) is 24.3 Å². The molecule has 2 aromatic rings. The lowest BCUT2D eigenvalue weighted by atomic mass is 9.75. The number of aliphatic hydroxyl groups is 1. The van der Waals surface area contributed by atoms with Crippen LogP contribution in [0.5, 0.6) is 5.88 Å². The molecule has 1 saturated carbocycles. The van der Waals surface area contributed by atoms with Gasteiger partial charge in [0.2, 0.25) is 5.88 Å². The zero-order valence-electron chi connectivity index (χ0n) is 12.2. The highest BCUT2D eigenvalue weighted by molar-refractivity contribution is 5.92. The number of methoxy groups -OCH3 is 1. The minimum absolute atomic E-state index is 0.192. The predicted molar refractivity (Wildman–Crippen MR) is 78.3 cm³/mol. The molecule has 1 aliphatic rings. The molecule has 0 radical (unpaired) electrons. The second-order valence-corrected chi connectivity index (χ2v) is 5.44. The molecule has 2 aromatic heterocycles. The Bertz CT molecular complexity index is 621. The van der Waals surface area contributed by atoms with E-state index in [0.717, 1.165) is 5.56 Å². The summed E-state index contributed by atoms with van der Waals surface area (Å²) in [5, 5.41) is 12.5. The fourth-order valence-corrected chi connectivity index (χ4v) is 2.67. The van der Waals surface area contributed by atoms with Crippen LogP contribution in [0.1, 0.15) is 34.9 Å². The minimum atomic E-state index is -0.289. The SMILES string of the molecule is COc1ccc([C@@H](NC(=O)c2cnc[nH]2)C2CC(O)C2)cn1. The van der Waals surface area contributed by atoms with Crippen LogP contribution in [0.15, 0.2) is 30.9 Å². The van der Waals surface area contributed by atoms with Gasteiger partial charge in [-0.25, -0.2) is 9.97 Å². The molecule has 1 atom stereocenters. The first-order valence-electron chi connectivity index (χ1n) is 7.14. The lowest BCUT2D eigenvalue weighted by molar-refractivity contribution is 0.0234. The van der Waals surface area contributed by atoms with Gasteiger partial charge in [0, 0.05) is 12.3 Å². The van der Waals surface area contributed by atoms with Crippen molar-refractivity contribution in [1.29, 1.82) is 0 Å². The van der Waals surface area contributed by atoms with Crippen molar-refractivity contribution in [2.75, 3.05) is 7.11 Å². The van der Waals surface area contributed by atoms with Gasteiger partial charge in [-0.3, -0.25) is 4.79 Å². The standard InChI is InChI=1S/C15H18N4O3/c1-22-13-3-2-9(6-17-13)14(10-4-11(20)5-10)19-15(21)12-7-16-8-18-12/h2-3,6-8,10-11,14,20H,4-5H2,1H3,(H,16,18)(H,19,21)/t10?,11?,14-/m1/s1. The van der Waals surface area contributed by atoms with E-state index in [2.05, 4.69) is 20.3 Å². The van der Waals surface area contributed by atoms with Crippen LogP contribution >= 0.6 is 0 Å². The number of carbonyl (C=O) groups is 1. The molecule has 0 aliphatic heterocycles. The number of aromatic nitrogens is 3. The molecule has 1 aliphatic carbocycles. The third-order valence-electron chi connectivity index (χ3n) is 3.98. The number of carbonyl (C=O) groups excluding carboxylic acids is 1. The van der Waals surface area contributed by atoms with Gasteiger partial charge in [-0.2, -0.15) is 0 Å². The van der Waals surface area contributed by atoms with Crippen molar-refractivity contribution in [3.05, 3.63) is 42.1 Å². The van der Waals surface area contributed by atoms with E-state index in [0.29, 0.717) is 24.4 Å². The van der Waals surface area contributed by atoms with E-state index < -0.39 is 0 Å². The molecule has 1 amide bonds. The Morgan fingerprint density at radius 2 is 2.27 bits per heavy atom. The summed E-state index contributed by atoms with van der Waals surface area (Å²) in [4.78, 5) is 23.1. The number of pyridine rings is 1. The van der Waals surface area contributed by atoms with E-state index in [9.17, 15) is 9.90 Å². The average Bonchev–Trinajstić information content (AvgIpc) is 3.04. The molecule has 7 nitrogen and oxygen atoms in total. The molecule has 22 heavy (non-hydrogen) atoms. The molecular formula is C15H18N4O3. The van der Waals surface area contributed by atoms with E-state index in [4.69, 9.17) is 4.74 Å². The molecule has 2 heterocycles. The number of hydrogen-bond donors (Lipinski definition) is 3. The van der Waals surface area contributed by atoms with Crippen molar-refractivity contribution in [3.8, 4) is 5.88 Å². The van der Waals surface area contributed by atoms with Gasteiger partial charge in [0.25, 0.3) is 5.91 Å².